The molecule has 0 aliphatic heterocycles. The maximum Gasteiger partial charge on any atom is 0.268 e. The van der Waals surface area contributed by atoms with Crippen LogP contribution in [-0.2, 0) is 4.79 Å². The largest absolute Gasteiger partial charge is 0.338 e. The molecular formula is C14H20N2O3. The summed E-state index contributed by atoms with van der Waals surface area (Å²) in [6.07, 6.45) is 0. The molecule has 1 rings (SSSR count). The summed E-state index contributed by atoms with van der Waals surface area (Å²) in [5.41, 5.74) is 3.72. The minimum absolute atomic E-state index is 0.330. The Labute approximate surface area is 113 Å². The zero-order chi connectivity index (χ0) is 14.8. The number of rotatable bonds is 3. The average molecular weight is 264 g/mol. The molecule has 0 bridgehead atoms. The highest BCUT2D eigenvalue weighted by Crippen LogP contribution is 2.17. The molecule has 0 radical (unpaired) electrons. The van der Waals surface area contributed by atoms with E-state index in [1.807, 2.05) is 32.9 Å². The van der Waals surface area contributed by atoms with Crippen LogP contribution in [-0.4, -0.2) is 22.6 Å². The zero-order valence-corrected chi connectivity index (χ0v) is 11.9. The van der Waals surface area contributed by atoms with Crippen molar-refractivity contribution in [2.45, 2.75) is 40.2 Å². The molecule has 0 heterocycles. The summed E-state index contributed by atoms with van der Waals surface area (Å²) in [5, 5.41) is 11.3. The topological polar surface area (TPSA) is 78.4 Å². The van der Waals surface area contributed by atoms with Crippen molar-refractivity contribution in [2.75, 3.05) is 0 Å². The second-order valence-corrected chi connectivity index (χ2v) is 5.29. The maximum atomic E-state index is 12.3. The van der Waals surface area contributed by atoms with Crippen LogP contribution in [0, 0.1) is 20.8 Å². The Morgan fingerprint density at radius 1 is 1.11 bits per heavy atom. The first-order valence-corrected chi connectivity index (χ1v) is 6.04. The number of nitrogens with one attached hydrogen (secondary N) is 2. The van der Waals surface area contributed by atoms with E-state index in [4.69, 9.17) is 5.21 Å². The first-order valence-electron chi connectivity index (χ1n) is 6.04. The molecule has 5 heteroatoms. The van der Waals surface area contributed by atoms with Gasteiger partial charge < -0.3 is 5.32 Å². The van der Waals surface area contributed by atoms with Crippen molar-refractivity contribution in [3.8, 4) is 0 Å². The van der Waals surface area contributed by atoms with Crippen LogP contribution in [0.4, 0.5) is 0 Å². The van der Waals surface area contributed by atoms with Gasteiger partial charge in [0.25, 0.3) is 11.8 Å². The molecule has 19 heavy (non-hydrogen) atoms. The van der Waals surface area contributed by atoms with Gasteiger partial charge in [-0.05, 0) is 45.7 Å². The second kappa shape index (κ2) is 5.40. The van der Waals surface area contributed by atoms with Gasteiger partial charge in [-0.2, -0.15) is 0 Å². The van der Waals surface area contributed by atoms with Crippen LogP contribution >= 0.6 is 0 Å². The Kier molecular flexibility index (Phi) is 4.32. The van der Waals surface area contributed by atoms with Crippen LogP contribution < -0.4 is 10.8 Å². The lowest BCUT2D eigenvalue weighted by atomic mass is 9.97. The van der Waals surface area contributed by atoms with E-state index >= 15 is 0 Å². The minimum Gasteiger partial charge on any atom is -0.338 e. The molecule has 0 aromatic heterocycles. The molecule has 0 aliphatic rings. The first-order chi connectivity index (χ1) is 8.69. The number of carbonyl (C=O) groups excluding carboxylic acids is 2. The van der Waals surface area contributed by atoms with Gasteiger partial charge in [-0.3, -0.25) is 14.8 Å². The van der Waals surface area contributed by atoms with E-state index in [2.05, 4.69) is 5.32 Å². The predicted molar refractivity (Wildman–Crippen MR) is 72.1 cm³/mol. The van der Waals surface area contributed by atoms with Crippen molar-refractivity contribution < 1.29 is 14.8 Å². The summed E-state index contributed by atoms with van der Waals surface area (Å²) in [4.78, 5) is 23.7. The standard InChI is InChI=1S/C14H20N2O3/c1-8-6-9(2)11(10(3)7-8)12(17)15-14(4,5)13(18)16-19/h6-7,19H,1-5H3,(H,15,17)(H,16,18). The quantitative estimate of drug-likeness (QED) is 0.573. The molecule has 0 aliphatic carbocycles. The van der Waals surface area contributed by atoms with Crippen molar-refractivity contribution in [1.82, 2.24) is 10.8 Å². The second-order valence-electron chi connectivity index (χ2n) is 5.29. The number of benzene rings is 1. The summed E-state index contributed by atoms with van der Waals surface area (Å²) >= 11 is 0. The number of hydroxylamine groups is 1. The van der Waals surface area contributed by atoms with E-state index in [1.54, 1.807) is 5.48 Å². The minimum atomic E-state index is -1.18. The van der Waals surface area contributed by atoms with Crippen LogP contribution in [0.15, 0.2) is 12.1 Å². The Balaban J connectivity index is 3.06. The van der Waals surface area contributed by atoms with Crippen molar-refractivity contribution in [2.24, 2.45) is 0 Å². The third-order valence-corrected chi connectivity index (χ3v) is 3.00. The number of amides is 2. The molecule has 3 N–H and O–H groups in total. The van der Waals surface area contributed by atoms with Crippen molar-refractivity contribution in [3.63, 3.8) is 0 Å². The van der Waals surface area contributed by atoms with Gasteiger partial charge in [-0.1, -0.05) is 17.7 Å². The summed E-state index contributed by atoms with van der Waals surface area (Å²) in [7, 11) is 0. The zero-order valence-electron chi connectivity index (χ0n) is 11.9. The molecule has 5 nitrogen and oxygen atoms in total. The monoisotopic (exact) mass is 264 g/mol. The number of aryl methyl sites for hydroxylation is 3. The fourth-order valence-electron chi connectivity index (χ4n) is 2.08. The number of carbonyl (C=O) groups is 2. The maximum absolute atomic E-state index is 12.3. The van der Waals surface area contributed by atoms with Gasteiger partial charge in [-0.15, -0.1) is 0 Å². The average Bonchev–Trinajstić information content (AvgIpc) is 2.25. The van der Waals surface area contributed by atoms with Crippen LogP contribution in [0.1, 0.15) is 40.9 Å². The van der Waals surface area contributed by atoms with Gasteiger partial charge in [0.15, 0.2) is 0 Å². The fraction of sp³-hybridized carbons (Fsp3) is 0.429. The van der Waals surface area contributed by atoms with E-state index in [-0.39, 0.29) is 5.91 Å². The summed E-state index contributed by atoms with van der Waals surface area (Å²) < 4.78 is 0. The van der Waals surface area contributed by atoms with Gasteiger partial charge in [0.2, 0.25) is 0 Å². The molecule has 0 saturated carbocycles. The van der Waals surface area contributed by atoms with Gasteiger partial charge in [-0.25, -0.2) is 5.48 Å². The van der Waals surface area contributed by atoms with Crippen LogP contribution in [0.25, 0.3) is 0 Å². The molecule has 0 saturated heterocycles. The highest BCUT2D eigenvalue weighted by molar-refractivity contribution is 6.00. The third-order valence-electron chi connectivity index (χ3n) is 3.00. The van der Waals surface area contributed by atoms with Crippen LogP contribution in [0.3, 0.4) is 0 Å². The van der Waals surface area contributed by atoms with Crippen molar-refractivity contribution in [3.05, 3.63) is 34.4 Å². The van der Waals surface area contributed by atoms with E-state index in [0.717, 1.165) is 16.7 Å². The molecule has 0 fully saturated rings. The molecular weight excluding hydrogens is 244 g/mol. The first kappa shape index (κ1) is 15.2. The number of hydrogen-bond acceptors (Lipinski definition) is 3. The molecule has 1 aromatic rings. The van der Waals surface area contributed by atoms with Gasteiger partial charge >= 0.3 is 0 Å². The lowest BCUT2D eigenvalue weighted by Crippen LogP contribution is -2.54. The van der Waals surface area contributed by atoms with Crippen molar-refractivity contribution in [1.29, 1.82) is 0 Å². The Morgan fingerprint density at radius 3 is 2.00 bits per heavy atom. The summed E-state index contributed by atoms with van der Waals surface area (Å²) in [6, 6.07) is 3.84. The van der Waals surface area contributed by atoms with Gasteiger partial charge in [0.1, 0.15) is 5.54 Å². The third kappa shape index (κ3) is 3.32. The molecule has 104 valence electrons. The highest BCUT2D eigenvalue weighted by atomic mass is 16.5. The highest BCUT2D eigenvalue weighted by Gasteiger charge is 2.30. The predicted octanol–water partition coefficient (Wildman–Crippen LogP) is 1.63. The lowest BCUT2D eigenvalue weighted by Gasteiger charge is -2.24. The molecule has 2 amide bonds. The Morgan fingerprint density at radius 2 is 1.58 bits per heavy atom. The molecule has 1 aromatic carbocycles. The van der Waals surface area contributed by atoms with Crippen LogP contribution in [0.2, 0.25) is 0 Å². The van der Waals surface area contributed by atoms with E-state index in [9.17, 15) is 9.59 Å². The van der Waals surface area contributed by atoms with E-state index in [1.165, 1.54) is 13.8 Å². The van der Waals surface area contributed by atoms with E-state index in [0.29, 0.717) is 5.56 Å². The normalized spacial score (nSPS) is 11.1. The molecule has 0 spiro atoms. The molecule has 0 atom stereocenters. The Hall–Kier alpha value is -1.88. The Bertz CT molecular complexity index is 498. The SMILES string of the molecule is Cc1cc(C)c(C(=O)NC(C)(C)C(=O)NO)c(C)c1. The van der Waals surface area contributed by atoms with Crippen LogP contribution in [0.5, 0.6) is 0 Å². The van der Waals surface area contributed by atoms with E-state index < -0.39 is 11.4 Å². The lowest BCUT2D eigenvalue weighted by molar-refractivity contribution is -0.134. The fourth-order valence-corrected chi connectivity index (χ4v) is 2.08. The molecule has 0 unspecified atom stereocenters. The number of hydrogen-bond donors (Lipinski definition) is 3. The smallest absolute Gasteiger partial charge is 0.268 e. The summed E-state index contributed by atoms with van der Waals surface area (Å²) in [5.74, 6) is -0.994. The summed E-state index contributed by atoms with van der Waals surface area (Å²) in [6.45, 7) is 8.72. The van der Waals surface area contributed by atoms with Crippen molar-refractivity contribution >= 4 is 11.8 Å². The van der Waals surface area contributed by atoms with Gasteiger partial charge in [0.05, 0.1) is 0 Å². The van der Waals surface area contributed by atoms with Gasteiger partial charge in [0, 0.05) is 5.56 Å².